The summed E-state index contributed by atoms with van der Waals surface area (Å²) in [6, 6.07) is 10.5. The lowest BCUT2D eigenvalue weighted by atomic mass is 10.2. The lowest BCUT2D eigenvalue weighted by Gasteiger charge is -2.03. The Morgan fingerprint density at radius 3 is 2.85 bits per heavy atom. The molecular formula is C14H11N3O3. The third kappa shape index (κ3) is 1.87. The molecule has 0 amide bonds. The lowest BCUT2D eigenvalue weighted by molar-refractivity contribution is 0.0698. The first-order valence-corrected chi connectivity index (χ1v) is 5.92. The van der Waals surface area contributed by atoms with Gasteiger partial charge in [0.25, 0.3) is 0 Å². The Morgan fingerprint density at radius 2 is 2.10 bits per heavy atom. The highest BCUT2D eigenvalue weighted by atomic mass is 16.5. The quantitative estimate of drug-likeness (QED) is 0.788. The van der Waals surface area contributed by atoms with Crippen LogP contribution < -0.4 is 4.74 Å². The zero-order valence-corrected chi connectivity index (χ0v) is 10.6. The average Bonchev–Trinajstić information content (AvgIpc) is 2.91. The molecule has 0 aliphatic carbocycles. The molecule has 0 saturated carbocycles. The number of methoxy groups -OCH3 is 1. The van der Waals surface area contributed by atoms with Crippen molar-refractivity contribution in [3.05, 3.63) is 48.2 Å². The number of aromatic nitrogens is 3. The number of carbonyl (C=O) groups is 1. The van der Waals surface area contributed by atoms with E-state index in [9.17, 15) is 4.79 Å². The highest BCUT2D eigenvalue weighted by Gasteiger charge is 2.15. The van der Waals surface area contributed by atoms with Crippen LogP contribution in [-0.4, -0.2) is 32.8 Å². The number of aromatic carboxylic acids is 1. The van der Waals surface area contributed by atoms with Gasteiger partial charge in [-0.2, -0.15) is 0 Å². The predicted octanol–water partition coefficient (Wildman–Crippen LogP) is 2.10. The van der Waals surface area contributed by atoms with Crippen LogP contribution in [0.25, 0.3) is 17.0 Å². The summed E-state index contributed by atoms with van der Waals surface area (Å²) in [6.45, 7) is 0. The minimum atomic E-state index is -1.03. The summed E-state index contributed by atoms with van der Waals surface area (Å²) >= 11 is 0. The monoisotopic (exact) mass is 269 g/mol. The minimum Gasteiger partial charge on any atom is -0.497 e. The molecule has 0 saturated heterocycles. The second kappa shape index (κ2) is 4.65. The third-order valence-electron chi connectivity index (χ3n) is 2.99. The Balaban J connectivity index is 2.22. The topological polar surface area (TPSA) is 76.7 Å². The summed E-state index contributed by atoms with van der Waals surface area (Å²) in [4.78, 5) is 11.2. The Kier molecular flexibility index (Phi) is 2.83. The maximum absolute atomic E-state index is 11.2. The molecule has 0 aliphatic heterocycles. The molecule has 0 unspecified atom stereocenters. The number of nitrogens with zero attached hydrogens (tertiary/aromatic N) is 3. The Labute approximate surface area is 114 Å². The van der Waals surface area contributed by atoms with Crippen LogP contribution in [0.3, 0.4) is 0 Å². The summed E-state index contributed by atoms with van der Waals surface area (Å²) in [5.41, 5.74) is 1.24. The Hall–Kier alpha value is -2.89. The first-order valence-electron chi connectivity index (χ1n) is 5.92. The molecule has 1 N–H and O–H groups in total. The Morgan fingerprint density at radius 1 is 1.25 bits per heavy atom. The zero-order valence-electron chi connectivity index (χ0n) is 10.6. The van der Waals surface area contributed by atoms with Gasteiger partial charge in [-0.25, -0.2) is 4.79 Å². The van der Waals surface area contributed by atoms with Gasteiger partial charge >= 0.3 is 5.97 Å². The molecule has 6 heteroatoms. The number of fused-ring (bicyclic) bond motifs is 1. The number of ether oxygens (including phenoxy) is 1. The van der Waals surface area contributed by atoms with Gasteiger partial charge in [0, 0.05) is 11.8 Å². The molecule has 0 spiro atoms. The van der Waals surface area contributed by atoms with Crippen LogP contribution in [0.1, 0.15) is 10.4 Å². The first-order chi connectivity index (χ1) is 9.70. The molecule has 0 aliphatic rings. The van der Waals surface area contributed by atoms with Gasteiger partial charge in [-0.3, -0.25) is 4.40 Å². The molecule has 0 fully saturated rings. The van der Waals surface area contributed by atoms with Crippen molar-refractivity contribution in [2.24, 2.45) is 0 Å². The molecule has 0 bridgehead atoms. The number of hydrogen-bond acceptors (Lipinski definition) is 4. The van der Waals surface area contributed by atoms with E-state index in [1.807, 2.05) is 24.3 Å². The Bertz CT molecular complexity index is 795. The molecule has 20 heavy (non-hydrogen) atoms. The van der Waals surface area contributed by atoms with Crippen molar-refractivity contribution in [1.29, 1.82) is 0 Å². The maximum atomic E-state index is 11.2. The van der Waals surface area contributed by atoms with E-state index in [2.05, 4.69) is 10.2 Å². The van der Waals surface area contributed by atoms with Crippen molar-refractivity contribution in [2.45, 2.75) is 0 Å². The van der Waals surface area contributed by atoms with Crippen LogP contribution in [-0.2, 0) is 0 Å². The molecule has 100 valence electrons. The van der Waals surface area contributed by atoms with E-state index in [0.717, 1.165) is 5.56 Å². The largest absolute Gasteiger partial charge is 0.497 e. The number of carboxylic acids is 1. The summed E-state index contributed by atoms with van der Waals surface area (Å²) in [7, 11) is 1.59. The molecule has 2 aromatic heterocycles. The van der Waals surface area contributed by atoms with Gasteiger partial charge in [0.15, 0.2) is 11.5 Å². The molecule has 0 radical (unpaired) electrons. The summed E-state index contributed by atoms with van der Waals surface area (Å²) in [6.07, 6.45) is 1.73. The molecule has 2 heterocycles. The van der Waals surface area contributed by atoms with Crippen LogP contribution in [0.4, 0.5) is 0 Å². The number of benzene rings is 1. The van der Waals surface area contributed by atoms with Crippen LogP contribution in [0.15, 0.2) is 42.6 Å². The molecule has 0 atom stereocenters. The fourth-order valence-electron chi connectivity index (χ4n) is 2.04. The molecule has 1 aromatic carbocycles. The van der Waals surface area contributed by atoms with Crippen molar-refractivity contribution in [2.75, 3.05) is 7.11 Å². The highest BCUT2D eigenvalue weighted by molar-refractivity contribution is 5.94. The van der Waals surface area contributed by atoms with Crippen molar-refractivity contribution in [1.82, 2.24) is 14.6 Å². The van der Waals surface area contributed by atoms with Gasteiger partial charge in [-0.05, 0) is 24.3 Å². The van der Waals surface area contributed by atoms with Crippen molar-refractivity contribution in [3.63, 3.8) is 0 Å². The SMILES string of the molecule is COc1cccc(-c2nnc3c(C(=O)O)cccn23)c1. The van der Waals surface area contributed by atoms with Gasteiger partial charge in [-0.1, -0.05) is 12.1 Å². The van der Waals surface area contributed by atoms with E-state index in [4.69, 9.17) is 9.84 Å². The zero-order chi connectivity index (χ0) is 14.1. The first kappa shape index (κ1) is 12.2. The van der Waals surface area contributed by atoms with E-state index < -0.39 is 5.97 Å². The summed E-state index contributed by atoms with van der Waals surface area (Å²) < 4.78 is 6.83. The van der Waals surface area contributed by atoms with Crippen molar-refractivity contribution < 1.29 is 14.6 Å². The van der Waals surface area contributed by atoms with E-state index in [-0.39, 0.29) is 5.56 Å². The van der Waals surface area contributed by atoms with Crippen LogP contribution in [0, 0.1) is 0 Å². The van der Waals surface area contributed by atoms with Gasteiger partial charge in [0.05, 0.1) is 7.11 Å². The third-order valence-corrected chi connectivity index (χ3v) is 2.99. The smallest absolute Gasteiger partial charge is 0.339 e. The fraction of sp³-hybridized carbons (Fsp3) is 0.0714. The van der Waals surface area contributed by atoms with Crippen LogP contribution in [0.2, 0.25) is 0 Å². The fourth-order valence-corrected chi connectivity index (χ4v) is 2.04. The molecular weight excluding hydrogens is 258 g/mol. The maximum Gasteiger partial charge on any atom is 0.339 e. The standard InChI is InChI=1S/C14H11N3O3/c1-20-10-5-2-4-9(8-10)12-15-16-13-11(14(18)19)6-3-7-17(12)13/h2-8H,1H3,(H,18,19). The molecule has 3 rings (SSSR count). The second-order valence-corrected chi connectivity index (χ2v) is 4.18. The number of pyridine rings is 1. The highest BCUT2D eigenvalue weighted by Crippen LogP contribution is 2.23. The predicted molar refractivity (Wildman–Crippen MR) is 71.9 cm³/mol. The second-order valence-electron chi connectivity index (χ2n) is 4.18. The van der Waals surface area contributed by atoms with E-state index in [1.165, 1.54) is 6.07 Å². The number of hydrogen-bond donors (Lipinski definition) is 1. The number of rotatable bonds is 3. The average molecular weight is 269 g/mol. The van der Waals surface area contributed by atoms with E-state index in [0.29, 0.717) is 17.2 Å². The summed E-state index contributed by atoms with van der Waals surface area (Å²) in [5, 5.41) is 17.2. The van der Waals surface area contributed by atoms with Gasteiger partial charge in [0.2, 0.25) is 0 Å². The number of carboxylic acid groups (broad SMARTS) is 1. The van der Waals surface area contributed by atoms with Crippen LogP contribution >= 0.6 is 0 Å². The summed E-state index contributed by atoms with van der Waals surface area (Å²) in [5.74, 6) is 0.246. The minimum absolute atomic E-state index is 0.120. The van der Waals surface area contributed by atoms with Crippen LogP contribution in [0.5, 0.6) is 5.75 Å². The van der Waals surface area contributed by atoms with E-state index in [1.54, 1.807) is 23.8 Å². The van der Waals surface area contributed by atoms with Gasteiger partial charge < -0.3 is 9.84 Å². The normalized spacial score (nSPS) is 10.7. The van der Waals surface area contributed by atoms with Gasteiger partial charge in [-0.15, -0.1) is 10.2 Å². The van der Waals surface area contributed by atoms with Gasteiger partial charge in [0.1, 0.15) is 11.3 Å². The molecule has 6 nitrogen and oxygen atoms in total. The lowest BCUT2D eigenvalue weighted by Crippen LogP contribution is -2.00. The van der Waals surface area contributed by atoms with Crippen molar-refractivity contribution >= 4 is 11.6 Å². The molecule has 3 aromatic rings. The van der Waals surface area contributed by atoms with E-state index >= 15 is 0 Å². The van der Waals surface area contributed by atoms with Crippen molar-refractivity contribution in [3.8, 4) is 17.1 Å².